The number of benzene rings is 7. The Hall–Kier alpha value is -6.13. The van der Waals surface area contributed by atoms with Gasteiger partial charge in [0.25, 0.3) is 0 Å². The summed E-state index contributed by atoms with van der Waals surface area (Å²) >= 11 is 0. The number of nitrogens with zero attached hydrogens (tertiary/aromatic N) is 3. The summed E-state index contributed by atoms with van der Waals surface area (Å²) in [6.07, 6.45) is 0. The molecule has 0 spiro atoms. The lowest BCUT2D eigenvalue weighted by molar-refractivity contribution is 0.669. The Bertz CT molecular complexity index is 2540. The highest BCUT2D eigenvalue weighted by Crippen LogP contribution is 2.41. The number of aromatic nitrogens is 3. The van der Waals surface area contributed by atoms with Crippen molar-refractivity contribution in [2.24, 2.45) is 0 Å². The number of rotatable bonds is 4. The van der Waals surface area contributed by atoms with E-state index in [1.54, 1.807) is 0 Å². The molecule has 0 aliphatic heterocycles. The minimum Gasteiger partial charge on any atom is -0.456 e. The normalized spacial score (nSPS) is 11.6. The summed E-state index contributed by atoms with van der Waals surface area (Å²) in [7, 11) is 0. The SMILES string of the molecule is c1ccc(-c2nc(-c3cccc4ccccc34)nc(-c3cc(-c4cccc5ccccc45)cc4oc5ccccc5c34)n2)cc1. The second-order valence-corrected chi connectivity index (χ2v) is 11.2. The molecule has 0 aliphatic carbocycles. The number of furan rings is 1. The topological polar surface area (TPSA) is 51.8 Å². The van der Waals surface area contributed by atoms with Gasteiger partial charge in [-0.1, -0.05) is 133 Å². The minimum absolute atomic E-state index is 0.602. The lowest BCUT2D eigenvalue weighted by Gasteiger charge is -2.13. The Labute approximate surface area is 259 Å². The van der Waals surface area contributed by atoms with Gasteiger partial charge in [-0.15, -0.1) is 0 Å². The summed E-state index contributed by atoms with van der Waals surface area (Å²) in [5, 5.41) is 6.62. The van der Waals surface area contributed by atoms with Crippen LogP contribution in [0.4, 0.5) is 0 Å². The predicted octanol–water partition coefficient (Wildman–Crippen LogP) is 10.7. The van der Waals surface area contributed by atoms with E-state index >= 15 is 0 Å². The van der Waals surface area contributed by atoms with Gasteiger partial charge in [-0.2, -0.15) is 0 Å². The van der Waals surface area contributed by atoms with Crippen molar-refractivity contribution in [2.45, 2.75) is 0 Å². The predicted molar refractivity (Wildman–Crippen MR) is 184 cm³/mol. The van der Waals surface area contributed by atoms with E-state index in [2.05, 4.69) is 103 Å². The summed E-state index contributed by atoms with van der Waals surface area (Å²) in [5.41, 5.74) is 6.60. The third kappa shape index (κ3) is 4.27. The van der Waals surface area contributed by atoms with E-state index in [9.17, 15) is 0 Å². The summed E-state index contributed by atoms with van der Waals surface area (Å²) in [4.78, 5) is 15.4. The van der Waals surface area contributed by atoms with Gasteiger partial charge in [-0.3, -0.25) is 0 Å². The van der Waals surface area contributed by atoms with Crippen molar-refractivity contribution in [1.82, 2.24) is 15.0 Å². The number of fused-ring (bicyclic) bond motifs is 5. The van der Waals surface area contributed by atoms with Gasteiger partial charge < -0.3 is 4.42 Å². The first-order valence-corrected chi connectivity index (χ1v) is 15.0. The standard InChI is InChI=1S/C41H25N3O/c1-2-14-28(15-3-1)39-42-40(33-22-11-17-27-13-5-7-19-31(27)33)44-41(43-39)35-24-29(32-21-10-16-26-12-4-6-18-30(26)32)25-37-38(35)34-20-8-9-23-36(34)45-37/h1-25H. The van der Waals surface area contributed by atoms with Crippen molar-refractivity contribution in [3.05, 3.63) is 152 Å². The largest absolute Gasteiger partial charge is 0.456 e. The molecular formula is C41H25N3O. The number of hydrogen-bond donors (Lipinski definition) is 0. The summed E-state index contributed by atoms with van der Waals surface area (Å²) in [5.74, 6) is 1.86. The van der Waals surface area contributed by atoms with E-state index in [-0.39, 0.29) is 0 Å². The van der Waals surface area contributed by atoms with Crippen LogP contribution in [0.5, 0.6) is 0 Å². The van der Waals surface area contributed by atoms with E-state index in [4.69, 9.17) is 19.4 Å². The van der Waals surface area contributed by atoms with Crippen LogP contribution in [0.25, 0.3) is 88.8 Å². The fourth-order valence-corrected chi connectivity index (χ4v) is 6.42. The van der Waals surface area contributed by atoms with Gasteiger partial charge >= 0.3 is 0 Å². The molecule has 9 rings (SSSR count). The monoisotopic (exact) mass is 575 g/mol. The van der Waals surface area contributed by atoms with Gasteiger partial charge in [0, 0.05) is 27.5 Å². The molecular weight excluding hydrogens is 550 g/mol. The average Bonchev–Trinajstić information content (AvgIpc) is 3.49. The molecule has 0 N–H and O–H groups in total. The van der Waals surface area contributed by atoms with Gasteiger partial charge in [0.1, 0.15) is 11.2 Å². The molecule has 0 atom stereocenters. The lowest BCUT2D eigenvalue weighted by Crippen LogP contribution is -2.01. The van der Waals surface area contributed by atoms with Crippen LogP contribution in [0.15, 0.2) is 156 Å². The molecule has 2 aromatic heterocycles. The smallest absolute Gasteiger partial charge is 0.164 e. The zero-order valence-corrected chi connectivity index (χ0v) is 24.2. The van der Waals surface area contributed by atoms with Crippen LogP contribution >= 0.6 is 0 Å². The van der Waals surface area contributed by atoms with Crippen LogP contribution in [0.2, 0.25) is 0 Å². The minimum atomic E-state index is 0.602. The summed E-state index contributed by atoms with van der Waals surface area (Å²) in [6.45, 7) is 0. The van der Waals surface area contributed by atoms with Crippen LogP contribution in [-0.2, 0) is 0 Å². The molecule has 0 fully saturated rings. The Kier molecular flexibility index (Phi) is 5.78. The van der Waals surface area contributed by atoms with E-state index < -0.39 is 0 Å². The molecule has 0 saturated heterocycles. The number of para-hydroxylation sites is 1. The van der Waals surface area contributed by atoms with Gasteiger partial charge in [-0.25, -0.2) is 15.0 Å². The first-order valence-electron chi connectivity index (χ1n) is 15.0. The fraction of sp³-hybridized carbons (Fsp3) is 0. The van der Waals surface area contributed by atoms with Crippen molar-refractivity contribution in [3.8, 4) is 45.3 Å². The van der Waals surface area contributed by atoms with E-state index in [1.165, 1.54) is 10.8 Å². The molecule has 2 heterocycles. The third-order valence-electron chi connectivity index (χ3n) is 8.52. The Balaban J connectivity index is 1.38. The molecule has 9 aromatic rings. The molecule has 0 bridgehead atoms. The molecule has 0 radical (unpaired) electrons. The van der Waals surface area contributed by atoms with Crippen LogP contribution in [-0.4, -0.2) is 15.0 Å². The van der Waals surface area contributed by atoms with Crippen LogP contribution in [0, 0.1) is 0 Å². The Morgan fingerprint density at radius 3 is 1.67 bits per heavy atom. The van der Waals surface area contributed by atoms with Gasteiger partial charge in [0.2, 0.25) is 0 Å². The van der Waals surface area contributed by atoms with Crippen molar-refractivity contribution >= 4 is 43.5 Å². The molecule has 7 aromatic carbocycles. The van der Waals surface area contributed by atoms with Gasteiger partial charge in [0.15, 0.2) is 17.5 Å². The second kappa shape index (κ2) is 10.2. The van der Waals surface area contributed by atoms with Crippen molar-refractivity contribution in [2.75, 3.05) is 0 Å². The second-order valence-electron chi connectivity index (χ2n) is 11.2. The number of hydrogen-bond acceptors (Lipinski definition) is 4. The van der Waals surface area contributed by atoms with Crippen molar-refractivity contribution in [1.29, 1.82) is 0 Å². The summed E-state index contributed by atoms with van der Waals surface area (Å²) in [6, 6.07) is 52.2. The maximum Gasteiger partial charge on any atom is 0.164 e. The molecule has 0 saturated carbocycles. The van der Waals surface area contributed by atoms with Crippen LogP contribution in [0.1, 0.15) is 0 Å². The maximum absolute atomic E-state index is 6.51. The molecule has 4 nitrogen and oxygen atoms in total. The van der Waals surface area contributed by atoms with E-state index in [0.717, 1.165) is 60.5 Å². The zero-order valence-electron chi connectivity index (χ0n) is 24.2. The molecule has 0 unspecified atom stereocenters. The van der Waals surface area contributed by atoms with Gasteiger partial charge in [-0.05, 0) is 50.9 Å². The molecule has 0 aliphatic rings. The molecule has 210 valence electrons. The molecule has 4 heteroatoms. The first-order chi connectivity index (χ1) is 22.3. The maximum atomic E-state index is 6.51. The molecule has 0 amide bonds. The quantitative estimate of drug-likeness (QED) is 0.209. The van der Waals surface area contributed by atoms with Crippen LogP contribution < -0.4 is 0 Å². The Morgan fingerprint density at radius 1 is 0.356 bits per heavy atom. The zero-order chi connectivity index (χ0) is 29.7. The van der Waals surface area contributed by atoms with E-state index in [1.807, 2.05) is 48.5 Å². The highest BCUT2D eigenvalue weighted by atomic mass is 16.3. The summed E-state index contributed by atoms with van der Waals surface area (Å²) < 4.78 is 6.51. The van der Waals surface area contributed by atoms with Crippen LogP contribution in [0.3, 0.4) is 0 Å². The van der Waals surface area contributed by atoms with Crippen molar-refractivity contribution < 1.29 is 4.42 Å². The highest BCUT2D eigenvalue weighted by Gasteiger charge is 2.20. The average molecular weight is 576 g/mol. The first kappa shape index (κ1) is 25.4. The Morgan fingerprint density at radius 2 is 0.911 bits per heavy atom. The lowest BCUT2D eigenvalue weighted by atomic mass is 9.94. The fourth-order valence-electron chi connectivity index (χ4n) is 6.42. The van der Waals surface area contributed by atoms with Gasteiger partial charge in [0.05, 0.1) is 0 Å². The third-order valence-corrected chi connectivity index (χ3v) is 8.52. The highest BCUT2D eigenvalue weighted by molar-refractivity contribution is 6.14. The van der Waals surface area contributed by atoms with Crippen molar-refractivity contribution in [3.63, 3.8) is 0 Å². The van der Waals surface area contributed by atoms with E-state index in [0.29, 0.717) is 17.5 Å². The molecule has 45 heavy (non-hydrogen) atoms.